The van der Waals surface area contributed by atoms with E-state index >= 15 is 0 Å². The van der Waals surface area contributed by atoms with Gasteiger partial charge in [-0.05, 0) is 60.5 Å². The number of nitrogens with one attached hydrogen (secondary N) is 1. The van der Waals surface area contributed by atoms with Crippen LogP contribution in [0.1, 0.15) is 47.8 Å². The summed E-state index contributed by atoms with van der Waals surface area (Å²) in [5.74, 6) is -1.43. The number of carbonyl (C=O) groups is 3. The van der Waals surface area contributed by atoms with Crippen molar-refractivity contribution in [2.75, 3.05) is 13.1 Å². The maximum absolute atomic E-state index is 12.7. The minimum atomic E-state index is -1.13. The van der Waals surface area contributed by atoms with Gasteiger partial charge in [0.25, 0.3) is 5.91 Å². The first-order valence-electron chi connectivity index (χ1n) is 11.8. The lowest BCUT2D eigenvalue weighted by Crippen LogP contribution is -2.26. The molecule has 6 nitrogen and oxygen atoms in total. The number of hydrogen-bond acceptors (Lipinski definition) is 4. The predicted octanol–water partition coefficient (Wildman–Crippen LogP) is 4.82. The minimum Gasteiger partial charge on any atom is -0.478 e. The van der Waals surface area contributed by atoms with Crippen LogP contribution in [0.5, 0.6) is 0 Å². The summed E-state index contributed by atoms with van der Waals surface area (Å²) in [4.78, 5) is 35.7. The summed E-state index contributed by atoms with van der Waals surface area (Å²) in [7, 11) is 0. The summed E-state index contributed by atoms with van der Waals surface area (Å²) >= 11 is 0. The minimum absolute atomic E-state index is 0.0108. The molecule has 0 aliphatic heterocycles. The molecule has 4 N–H and O–H groups in total. The van der Waals surface area contributed by atoms with Crippen LogP contribution in [0.15, 0.2) is 84.9 Å². The Morgan fingerprint density at radius 2 is 1.39 bits per heavy atom. The highest BCUT2D eigenvalue weighted by atomic mass is 16.4. The van der Waals surface area contributed by atoms with Crippen LogP contribution in [0.4, 0.5) is 0 Å². The maximum atomic E-state index is 12.7. The number of amides is 1. The van der Waals surface area contributed by atoms with E-state index in [1.807, 2.05) is 48.5 Å². The first kappa shape index (κ1) is 26.3. The SMILES string of the molecule is Cc1ccc(C=O)c2c(C(=O)O)ccc(C(=O)NCCc3ccccc3)c12.NCCc1ccccc1. The topological polar surface area (TPSA) is 109 Å². The number of carbonyl (C=O) groups excluding carboxylic acids is 2. The molecule has 0 aliphatic carbocycles. The number of benzene rings is 4. The number of aldehydes is 1. The fourth-order valence-electron chi connectivity index (χ4n) is 4.03. The second kappa shape index (κ2) is 13.0. The van der Waals surface area contributed by atoms with E-state index in [1.165, 1.54) is 17.7 Å². The molecular weight excluding hydrogens is 452 g/mol. The summed E-state index contributed by atoms with van der Waals surface area (Å²) in [5, 5.41) is 13.1. The first-order chi connectivity index (χ1) is 17.5. The molecule has 36 heavy (non-hydrogen) atoms. The molecule has 4 rings (SSSR count). The maximum Gasteiger partial charge on any atom is 0.336 e. The second-order valence-electron chi connectivity index (χ2n) is 8.32. The fourth-order valence-corrected chi connectivity index (χ4v) is 4.03. The van der Waals surface area contributed by atoms with Crippen LogP contribution < -0.4 is 11.1 Å². The smallest absolute Gasteiger partial charge is 0.336 e. The standard InChI is InChI=1S/C22H19NO4.C8H11N/c1-14-7-8-16(13-24)20-18(22(26)27)10-9-17(19(14)20)21(25)23-12-11-15-5-3-2-4-6-15;9-7-6-8-4-2-1-3-5-8/h2-10,13H,11-12H2,1H3,(H,23,25)(H,26,27);1-5H,6-7,9H2. The summed E-state index contributed by atoms with van der Waals surface area (Å²) in [6, 6.07) is 26.2. The van der Waals surface area contributed by atoms with Crippen molar-refractivity contribution < 1.29 is 19.5 Å². The van der Waals surface area contributed by atoms with E-state index in [4.69, 9.17) is 5.73 Å². The summed E-state index contributed by atoms with van der Waals surface area (Å²) in [5.41, 5.74) is 9.17. The summed E-state index contributed by atoms with van der Waals surface area (Å²) < 4.78 is 0. The zero-order valence-electron chi connectivity index (χ0n) is 20.2. The van der Waals surface area contributed by atoms with Gasteiger partial charge in [-0.3, -0.25) is 9.59 Å². The number of aryl methyl sites for hydroxylation is 1. The van der Waals surface area contributed by atoms with Gasteiger partial charge in [-0.1, -0.05) is 72.8 Å². The molecule has 0 aromatic heterocycles. The molecular formula is C30H30N2O4. The van der Waals surface area contributed by atoms with Crippen molar-refractivity contribution in [3.05, 3.63) is 118 Å². The molecule has 0 bridgehead atoms. The number of aromatic carboxylic acids is 1. The molecule has 4 aromatic rings. The fraction of sp³-hybridized carbons (Fsp3) is 0.167. The number of nitrogens with two attached hydrogens (primary N) is 1. The van der Waals surface area contributed by atoms with Crippen LogP contribution in [0.3, 0.4) is 0 Å². The second-order valence-corrected chi connectivity index (χ2v) is 8.32. The first-order valence-corrected chi connectivity index (χ1v) is 11.8. The van der Waals surface area contributed by atoms with Crippen molar-refractivity contribution in [1.29, 1.82) is 0 Å². The Balaban J connectivity index is 0.000000338. The van der Waals surface area contributed by atoms with Crippen molar-refractivity contribution >= 4 is 28.9 Å². The van der Waals surface area contributed by atoms with Crippen molar-refractivity contribution in [1.82, 2.24) is 5.32 Å². The van der Waals surface area contributed by atoms with Crippen LogP contribution >= 0.6 is 0 Å². The molecule has 0 saturated heterocycles. The zero-order chi connectivity index (χ0) is 25.9. The van der Waals surface area contributed by atoms with E-state index < -0.39 is 5.97 Å². The molecule has 0 aliphatic rings. The number of carboxylic acid groups (broad SMARTS) is 1. The van der Waals surface area contributed by atoms with E-state index in [0.717, 1.165) is 24.1 Å². The summed E-state index contributed by atoms with van der Waals surface area (Å²) in [6.07, 6.45) is 2.29. The van der Waals surface area contributed by atoms with Gasteiger partial charge in [0.2, 0.25) is 0 Å². The highest BCUT2D eigenvalue weighted by Gasteiger charge is 2.19. The van der Waals surface area contributed by atoms with Gasteiger partial charge < -0.3 is 16.2 Å². The van der Waals surface area contributed by atoms with Gasteiger partial charge in [0.15, 0.2) is 6.29 Å². The van der Waals surface area contributed by atoms with Gasteiger partial charge in [-0.25, -0.2) is 4.79 Å². The van der Waals surface area contributed by atoms with Crippen molar-refractivity contribution in [2.45, 2.75) is 19.8 Å². The van der Waals surface area contributed by atoms with Gasteiger partial charge in [-0.15, -0.1) is 0 Å². The van der Waals surface area contributed by atoms with Gasteiger partial charge in [-0.2, -0.15) is 0 Å². The Labute approximate surface area is 210 Å². The zero-order valence-corrected chi connectivity index (χ0v) is 20.2. The third-order valence-corrected chi connectivity index (χ3v) is 5.82. The lowest BCUT2D eigenvalue weighted by molar-refractivity contribution is 0.0698. The van der Waals surface area contributed by atoms with Gasteiger partial charge in [0.05, 0.1) is 5.56 Å². The van der Waals surface area contributed by atoms with Gasteiger partial charge in [0, 0.05) is 23.1 Å². The van der Waals surface area contributed by atoms with Crippen LogP contribution in [0.25, 0.3) is 10.8 Å². The number of carboxylic acids is 1. The van der Waals surface area contributed by atoms with Crippen LogP contribution in [0.2, 0.25) is 0 Å². The number of fused-ring (bicyclic) bond motifs is 1. The molecule has 0 atom stereocenters. The Kier molecular flexibility index (Phi) is 9.48. The third kappa shape index (κ3) is 6.64. The van der Waals surface area contributed by atoms with Crippen molar-refractivity contribution in [2.24, 2.45) is 5.73 Å². The van der Waals surface area contributed by atoms with Crippen molar-refractivity contribution in [3.63, 3.8) is 0 Å². The number of hydrogen-bond donors (Lipinski definition) is 3. The van der Waals surface area contributed by atoms with Crippen LogP contribution in [-0.4, -0.2) is 36.4 Å². The molecule has 0 fully saturated rings. The van der Waals surface area contributed by atoms with Crippen LogP contribution in [-0.2, 0) is 12.8 Å². The summed E-state index contributed by atoms with van der Waals surface area (Å²) in [6.45, 7) is 2.99. The number of rotatable bonds is 8. The molecule has 0 radical (unpaired) electrons. The lowest BCUT2D eigenvalue weighted by atomic mass is 9.92. The molecule has 0 spiro atoms. The van der Waals surface area contributed by atoms with Gasteiger partial charge >= 0.3 is 5.97 Å². The molecule has 0 unspecified atom stereocenters. The average Bonchev–Trinajstić information content (AvgIpc) is 2.90. The van der Waals surface area contributed by atoms with E-state index in [0.29, 0.717) is 35.6 Å². The van der Waals surface area contributed by atoms with E-state index in [9.17, 15) is 19.5 Å². The Hall–Kier alpha value is -4.29. The largest absolute Gasteiger partial charge is 0.478 e. The molecule has 184 valence electrons. The normalized spacial score (nSPS) is 10.3. The van der Waals surface area contributed by atoms with Crippen molar-refractivity contribution in [3.8, 4) is 0 Å². The van der Waals surface area contributed by atoms with Gasteiger partial charge in [0.1, 0.15) is 0 Å². The lowest BCUT2D eigenvalue weighted by Gasteiger charge is -2.13. The van der Waals surface area contributed by atoms with Crippen LogP contribution in [0, 0.1) is 6.92 Å². The third-order valence-electron chi connectivity index (χ3n) is 5.82. The highest BCUT2D eigenvalue weighted by molar-refractivity contribution is 6.17. The van der Waals surface area contributed by atoms with E-state index in [-0.39, 0.29) is 17.0 Å². The van der Waals surface area contributed by atoms with E-state index in [1.54, 1.807) is 19.1 Å². The molecule has 1 amide bonds. The monoisotopic (exact) mass is 482 g/mol. The molecule has 6 heteroatoms. The predicted molar refractivity (Wildman–Crippen MR) is 143 cm³/mol. The quantitative estimate of drug-likeness (QED) is 0.312. The molecule has 0 saturated carbocycles. The highest BCUT2D eigenvalue weighted by Crippen LogP contribution is 2.29. The average molecular weight is 483 g/mol. The Morgan fingerprint density at radius 1 is 0.806 bits per heavy atom. The Bertz CT molecular complexity index is 1340. The van der Waals surface area contributed by atoms with E-state index in [2.05, 4.69) is 17.4 Å². The molecule has 0 heterocycles. The Morgan fingerprint density at radius 3 is 1.94 bits per heavy atom. The molecule has 4 aromatic carbocycles.